The summed E-state index contributed by atoms with van der Waals surface area (Å²) in [6.07, 6.45) is 0.285. The van der Waals surface area contributed by atoms with Crippen molar-refractivity contribution in [3.05, 3.63) is 38.5 Å². The number of thiophene rings is 1. The molecule has 5 heteroatoms. The third-order valence-electron chi connectivity index (χ3n) is 2.15. The lowest BCUT2D eigenvalue weighted by molar-refractivity contribution is 0.179. The van der Waals surface area contributed by atoms with E-state index in [4.69, 9.17) is 0 Å². The average Bonchev–Trinajstić information content (AvgIpc) is 2.77. The number of aromatic nitrogens is 1. The first kappa shape index (κ1) is 12.6. The highest BCUT2D eigenvalue weighted by Gasteiger charge is 2.11. The van der Waals surface area contributed by atoms with Gasteiger partial charge in [-0.15, -0.1) is 23.7 Å². The molecule has 1 N–H and O–H groups in total. The van der Waals surface area contributed by atoms with Crippen LogP contribution in [0.2, 0.25) is 0 Å². The van der Waals surface area contributed by atoms with Gasteiger partial charge in [0.2, 0.25) is 0 Å². The number of thiazole rings is 1. The Balaban J connectivity index is 0.00000112. The Morgan fingerprint density at radius 1 is 1.53 bits per heavy atom. The molecule has 82 valence electrons. The SMILES string of the molecule is Cc1ncsc1CC(O)c1ccsc1.Cl. The van der Waals surface area contributed by atoms with E-state index in [0.29, 0.717) is 6.42 Å². The molecule has 1 atom stereocenters. The number of hydrogen-bond acceptors (Lipinski definition) is 4. The van der Waals surface area contributed by atoms with Crippen LogP contribution in [0.4, 0.5) is 0 Å². The molecule has 0 spiro atoms. The number of hydrogen-bond donors (Lipinski definition) is 1. The second-order valence-corrected chi connectivity index (χ2v) is 4.86. The Kier molecular flexibility index (Phi) is 4.73. The molecule has 0 bridgehead atoms. The van der Waals surface area contributed by atoms with Crippen LogP contribution in [-0.4, -0.2) is 10.1 Å². The Hall–Kier alpha value is -0.420. The summed E-state index contributed by atoms with van der Waals surface area (Å²) >= 11 is 3.22. The second kappa shape index (κ2) is 5.61. The maximum absolute atomic E-state index is 9.89. The molecule has 2 aromatic heterocycles. The van der Waals surface area contributed by atoms with Gasteiger partial charge in [0.1, 0.15) is 0 Å². The van der Waals surface area contributed by atoms with Gasteiger partial charge in [0.05, 0.1) is 17.3 Å². The first-order valence-electron chi connectivity index (χ1n) is 4.36. The predicted octanol–water partition coefficient (Wildman–Crippen LogP) is 3.21. The van der Waals surface area contributed by atoms with Gasteiger partial charge in [-0.05, 0) is 29.3 Å². The molecule has 0 aromatic carbocycles. The van der Waals surface area contributed by atoms with E-state index in [9.17, 15) is 5.11 Å². The Morgan fingerprint density at radius 3 is 2.87 bits per heavy atom. The highest BCUT2D eigenvalue weighted by molar-refractivity contribution is 7.09. The van der Waals surface area contributed by atoms with Gasteiger partial charge in [-0.2, -0.15) is 11.3 Å². The summed E-state index contributed by atoms with van der Waals surface area (Å²) in [5.74, 6) is 0. The summed E-state index contributed by atoms with van der Waals surface area (Å²) in [6, 6.07) is 1.96. The number of nitrogens with zero attached hydrogens (tertiary/aromatic N) is 1. The average molecular weight is 262 g/mol. The molecule has 2 rings (SSSR count). The molecule has 0 aliphatic heterocycles. The van der Waals surface area contributed by atoms with E-state index in [0.717, 1.165) is 11.3 Å². The molecule has 0 saturated heterocycles. The van der Waals surface area contributed by atoms with Crippen LogP contribution in [0.25, 0.3) is 0 Å². The third kappa shape index (κ3) is 3.01. The minimum absolute atomic E-state index is 0. The third-order valence-corrected chi connectivity index (χ3v) is 3.81. The van der Waals surface area contributed by atoms with Crippen molar-refractivity contribution < 1.29 is 5.11 Å². The van der Waals surface area contributed by atoms with E-state index in [1.165, 1.54) is 4.88 Å². The van der Waals surface area contributed by atoms with Gasteiger partial charge in [-0.1, -0.05) is 0 Å². The van der Waals surface area contributed by atoms with E-state index in [2.05, 4.69) is 4.98 Å². The normalized spacial score (nSPS) is 12.1. The van der Waals surface area contributed by atoms with Gasteiger partial charge in [-0.25, -0.2) is 4.98 Å². The quantitative estimate of drug-likeness (QED) is 0.920. The molecular weight excluding hydrogens is 250 g/mol. The van der Waals surface area contributed by atoms with Gasteiger partial charge in [0, 0.05) is 11.3 Å². The van der Waals surface area contributed by atoms with Gasteiger partial charge in [-0.3, -0.25) is 0 Å². The van der Waals surface area contributed by atoms with Crippen molar-refractivity contribution in [3.63, 3.8) is 0 Å². The van der Waals surface area contributed by atoms with Crippen molar-refractivity contribution in [1.29, 1.82) is 0 Å². The van der Waals surface area contributed by atoms with E-state index in [1.54, 1.807) is 22.7 Å². The fraction of sp³-hybridized carbons (Fsp3) is 0.300. The van der Waals surface area contributed by atoms with Crippen LogP contribution in [0.3, 0.4) is 0 Å². The number of aliphatic hydroxyl groups excluding tert-OH is 1. The number of aliphatic hydroxyl groups is 1. The monoisotopic (exact) mass is 261 g/mol. The molecule has 1 unspecified atom stereocenters. The van der Waals surface area contributed by atoms with E-state index < -0.39 is 0 Å². The Bertz CT molecular complexity index is 399. The molecule has 15 heavy (non-hydrogen) atoms. The molecule has 0 saturated carbocycles. The molecule has 2 aromatic rings. The second-order valence-electron chi connectivity index (χ2n) is 3.14. The topological polar surface area (TPSA) is 33.1 Å². The van der Waals surface area contributed by atoms with Crippen LogP contribution in [0.15, 0.2) is 22.3 Å². The largest absolute Gasteiger partial charge is 0.388 e. The zero-order valence-electron chi connectivity index (χ0n) is 8.21. The fourth-order valence-corrected chi connectivity index (χ4v) is 2.80. The summed E-state index contributed by atoms with van der Waals surface area (Å²) in [5, 5.41) is 13.9. The standard InChI is InChI=1S/C10H11NOS2.ClH/c1-7-10(14-6-11-7)4-9(12)8-2-3-13-5-8;/h2-3,5-6,9,12H,4H2,1H3;1H. The molecular formula is C10H12ClNOS2. The summed E-state index contributed by atoms with van der Waals surface area (Å²) in [6.45, 7) is 1.98. The molecule has 2 nitrogen and oxygen atoms in total. The molecule has 0 fully saturated rings. The smallest absolute Gasteiger partial charge is 0.0846 e. The predicted molar refractivity (Wildman–Crippen MR) is 67.1 cm³/mol. The molecule has 0 amide bonds. The lowest BCUT2D eigenvalue weighted by Gasteiger charge is -2.06. The van der Waals surface area contributed by atoms with E-state index >= 15 is 0 Å². The Morgan fingerprint density at radius 2 is 2.33 bits per heavy atom. The lowest BCUT2D eigenvalue weighted by Crippen LogP contribution is -1.99. The van der Waals surface area contributed by atoms with Gasteiger partial charge >= 0.3 is 0 Å². The fourth-order valence-electron chi connectivity index (χ4n) is 1.28. The number of aryl methyl sites for hydroxylation is 1. The summed E-state index contributed by atoms with van der Waals surface area (Å²) in [5.41, 5.74) is 3.86. The van der Waals surface area contributed by atoms with E-state index in [-0.39, 0.29) is 18.5 Å². The van der Waals surface area contributed by atoms with Crippen LogP contribution < -0.4 is 0 Å². The first-order chi connectivity index (χ1) is 6.77. The van der Waals surface area contributed by atoms with Crippen LogP contribution in [0.5, 0.6) is 0 Å². The number of rotatable bonds is 3. The van der Waals surface area contributed by atoms with Gasteiger partial charge < -0.3 is 5.11 Å². The van der Waals surface area contributed by atoms with Crippen LogP contribution >= 0.6 is 35.1 Å². The van der Waals surface area contributed by atoms with Crippen molar-refractivity contribution in [2.45, 2.75) is 19.4 Å². The number of halogens is 1. The van der Waals surface area contributed by atoms with Crippen LogP contribution in [-0.2, 0) is 6.42 Å². The van der Waals surface area contributed by atoms with Gasteiger partial charge in [0.15, 0.2) is 0 Å². The zero-order valence-corrected chi connectivity index (χ0v) is 10.7. The summed E-state index contributed by atoms with van der Waals surface area (Å²) in [4.78, 5) is 5.33. The van der Waals surface area contributed by atoms with Crippen molar-refractivity contribution in [1.82, 2.24) is 4.98 Å². The highest BCUT2D eigenvalue weighted by Crippen LogP contribution is 2.23. The van der Waals surface area contributed by atoms with Crippen molar-refractivity contribution in [3.8, 4) is 0 Å². The maximum Gasteiger partial charge on any atom is 0.0846 e. The summed E-state index contributed by atoms with van der Waals surface area (Å²) < 4.78 is 0. The van der Waals surface area contributed by atoms with Crippen LogP contribution in [0, 0.1) is 6.92 Å². The molecule has 0 radical (unpaired) electrons. The Labute approximate surface area is 103 Å². The van der Waals surface area contributed by atoms with Crippen molar-refractivity contribution in [2.75, 3.05) is 0 Å². The van der Waals surface area contributed by atoms with E-state index in [1.807, 2.05) is 29.3 Å². The minimum atomic E-state index is -0.389. The molecule has 2 heterocycles. The first-order valence-corrected chi connectivity index (χ1v) is 6.18. The molecule has 0 aliphatic carbocycles. The zero-order chi connectivity index (χ0) is 9.97. The molecule has 0 aliphatic rings. The van der Waals surface area contributed by atoms with Crippen molar-refractivity contribution in [2.24, 2.45) is 0 Å². The van der Waals surface area contributed by atoms with Crippen molar-refractivity contribution >= 4 is 35.1 Å². The minimum Gasteiger partial charge on any atom is -0.388 e. The lowest BCUT2D eigenvalue weighted by atomic mass is 10.1. The maximum atomic E-state index is 9.89. The van der Waals surface area contributed by atoms with Crippen LogP contribution in [0.1, 0.15) is 22.2 Å². The highest BCUT2D eigenvalue weighted by atomic mass is 35.5. The summed E-state index contributed by atoms with van der Waals surface area (Å²) in [7, 11) is 0. The van der Waals surface area contributed by atoms with Gasteiger partial charge in [0.25, 0.3) is 0 Å².